The van der Waals surface area contributed by atoms with Gasteiger partial charge in [-0.2, -0.15) is 13.2 Å². The van der Waals surface area contributed by atoms with Crippen molar-refractivity contribution in [3.05, 3.63) is 51.3 Å². The second kappa shape index (κ2) is 8.05. The molecule has 1 heterocycles. The van der Waals surface area contributed by atoms with Crippen molar-refractivity contribution in [2.75, 3.05) is 11.9 Å². The molecule has 0 atom stereocenters. The van der Waals surface area contributed by atoms with E-state index >= 15 is 0 Å². The highest BCUT2D eigenvalue weighted by Crippen LogP contribution is 2.36. The number of hydrogen-bond acceptors (Lipinski definition) is 4. The minimum atomic E-state index is -4.68. The summed E-state index contributed by atoms with van der Waals surface area (Å²) < 4.78 is 43.4. The van der Waals surface area contributed by atoms with Crippen LogP contribution < -0.4 is 5.32 Å². The molecule has 0 saturated heterocycles. The van der Waals surface area contributed by atoms with Crippen LogP contribution in [0.4, 0.5) is 18.9 Å². The van der Waals surface area contributed by atoms with Crippen LogP contribution in [0.2, 0.25) is 5.02 Å². The number of Topliss-reactive ketones (excluding diaryl/α,β-unsaturated/α-hetero) is 1. The predicted molar refractivity (Wildman–Crippen MR) is 95.6 cm³/mol. The topological polar surface area (TPSA) is 88.3 Å². The summed E-state index contributed by atoms with van der Waals surface area (Å²) in [6.45, 7) is 3.80. The number of aromatic nitrogens is 1. The van der Waals surface area contributed by atoms with E-state index in [1.165, 1.54) is 13.0 Å². The molecule has 0 aliphatic rings. The van der Waals surface area contributed by atoms with Crippen LogP contribution in [-0.4, -0.2) is 29.3 Å². The van der Waals surface area contributed by atoms with Crippen LogP contribution in [0.25, 0.3) is 0 Å². The Balaban J connectivity index is 2.05. The summed E-state index contributed by atoms with van der Waals surface area (Å²) in [7, 11) is 0. The molecule has 0 unspecified atom stereocenters. The largest absolute Gasteiger partial charge is 0.451 e. The maximum Gasteiger partial charge on any atom is 0.417 e. The van der Waals surface area contributed by atoms with Gasteiger partial charge in [0.05, 0.1) is 10.6 Å². The zero-order valence-corrected chi connectivity index (χ0v) is 15.8. The van der Waals surface area contributed by atoms with Crippen LogP contribution in [0.15, 0.2) is 18.2 Å². The number of esters is 1. The van der Waals surface area contributed by atoms with E-state index in [9.17, 15) is 27.6 Å². The number of nitrogens with one attached hydrogen (secondary N) is 2. The van der Waals surface area contributed by atoms with E-state index in [4.69, 9.17) is 16.3 Å². The van der Waals surface area contributed by atoms with E-state index < -0.39 is 35.2 Å². The Morgan fingerprint density at radius 3 is 2.39 bits per heavy atom. The average molecular weight is 417 g/mol. The zero-order valence-electron chi connectivity index (χ0n) is 15.1. The quantitative estimate of drug-likeness (QED) is 0.561. The number of rotatable bonds is 5. The molecule has 0 aliphatic heterocycles. The number of alkyl halides is 3. The lowest BCUT2D eigenvalue weighted by Gasteiger charge is -2.12. The van der Waals surface area contributed by atoms with Gasteiger partial charge in [-0.25, -0.2) is 4.79 Å². The van der Waals surface area contributed by atoms with Crippen molar-refractivity contribution < 1.29 is 32.3 Å². The van der Waals surface area contributed by atoms with Gasteiger partial charge in [0.2, 0.25) is 0 Å². The van der Waals surface area contributed by atoms with Gasteiger partial charge in [0.1, 0.15) is 5.69 Å². The molecule has 0 aliphatic carbocycles. The molecule has 2 N–H and O–H groups in total. The number of aromatic amines is 1. The van der Waals surface area contributed by atoms with Gasteiger partial charge < -0.3 is 15.0 Å². The first-order valence-electron chi connectivity index (χ1n) is 7.95. The average Bonchev–Trinajstić information content (AvgIpc) is 2.88. The molecule has 28 heavy (non-hydrogen) atoms. The number of hydrogen-bond donors (Lipinski definition) is 2. The molecule has 10 heteroatoms. The number of halogens is 4. The maximum atomic E-state index is 12.8. The normalized spacial score (nSPS) is 11.2. The van der Waals surface area contributed by atoms with E-state index in [2.05, 4.69) is 10.3 Å². The van der Waals surface area contributed by atoms with Crippen molar-refractivity contribution in [2.45, 2.75) is 26.9 Å². The third-order valence-electron chi connectivity index (χ3n) is 3.88. The van der Waals surface area contributed by atoms with Gasteiger partial charge in [0.25, 0.3) is 5.91 Å². The molecule has 0 fully saturated rings. The van der Waals surface area contributed by atoms with E-state index in [1.54, 1.807) is 13.8 Å². The Hall–Kier alpha value is -2.81. The number of H-pyrrole nitrogens is 1. The van der Waals surface area contributed by atoms with Gasteiger partial charge in [-0.15, -0.1) is 0 Å². The molecule has 0 saturated carbocycles. The summed E-state index contributed by atoms with van der Waals surface area (Å²) in [6, 6.07) is 2.87. The summed E-state index contributed by atoms with van der Waals surface area (Å²) in [4.78, 5) is 38.3. The molecule has 2 rings (SSSR count). The Morgan fingerprint density at radius 1 is 1.21 bits per heavy atom. The fourth-order valence-corrected chi connectivity index (χ4v) is 2.93. The lowest BCUT2D eigenvalue weighted by molar-refractivity contribution is -0.137. The fraction of sp³-hybridized carbons (Fsp3) is 0.278. The summed E-state index contributed by atoms with van der Waals surface area (Å²) in [6.07, 6.45) is -4.68. The van der Waals surface area contributed by atoms with E-state index in [1.807, 2.05) is 0 Å². The predicted octanol–water partition coefficient (Wildman–Crippen LogP) is 4.30. The second-order valence-corrected chi connectivity index (χ2v) is 6.41. The van der Waals surface area contributed by atoms with Crippen molar-refractivity contribution in [1.29, 1.82) is 0 Å². The summed E-state index contributed by atoms with van der Waals surface area (Å²) in [5.41, 5.74) is 0.0190. The number of benzene rings is 1. The van der Waals surface area contributed by atoms with Crippen LogP contribution in [0.5, 0.6) is 0 Å². The number of aryl methyl sites for hydroxylation is 1. The number of ether oxygens (including phenoxy) is 1. The number of amides is 1. The molecule has 0 radical (unpaired) electrons. The SMILES string of the molecule is CC(=O)c1c(C)[nH]c(C(=O)OCC(=O)Nc2ccc(Cl)c(C(F)(F)F)c2)c1C. The highest BCUT2D eigenvalue weighted by Gasteiger charge is 2.33. The van der Waals surface area contributed by atoms with Crippen LogP contribution in [-0.2, 0) is 15.7 Å². The third-order valence-corrected chi connectivity index (χ3v) is 4.21. The van der Waals surface area contributed by atoms with E-state index in [0.29, 0.717) is 22.9 Å². The van der Waals surface area contributed by atoms with Crippen LogP contribution in [0, 0.1) is 13.8 Å². The number of carbonyl (C=O) groups excluding carboxylic acids is 3. The van der Waals surface area contributed by atoms with Gasteiger partial charge in [-0.05, 0) is 44.5 Å². The third kappa shape index (κ3) is 4.72. The molecule has 1 aromatic carbocycles. The molecule has 1 aromatic heterocycles. The first kappa shape index (κ1) is 21.5. The van der Waals surface area contributed by atoms with Crippen LogP contribution in [0.1, 0.15) is 44.6 Å². The van der Waals surface area contributed by atoms with Gasteiger partial charge in [-0.1, -0.05) is 11.6 Å². The minimum absolute atomic E-state index is 0.0290. The van der Waals surface area contributed by atoms with Crippen molar-refractivity contribution in [3.8, 4) is 0 Å². The summed E-state index contributed by atoms with van der Waals surface area (Å²) in [5, 5.41) is 1.69. The monoisotopic (exact) mass is 416 g/mol. The number of carbonyl (C=O) groups is 3. The van der Waals surface area contributed by atoms with Crippen molar-refractivity contribution >= 4 is 34.9 Å². The van der Waals surface area contributed by atoms with Crippen molar-refractivity contribution in [1.82, 2.24) is 4.98 Å². The maximum absolute atomic E-state index is 12.8. The molecular weight excluding hydrogens is 401 g/mol. The Bertz CT molecular complexity index is 951. The second-order valence-electron chi connectivity index (χ2n) is 6.00. The minimum Gasteiger partial charge on any atom is -0.451 e. The molecule has 6 nitrogen and oxygen atoms in total. The lowest BCUT2D eigenvalue weighted by atomic mass is 10.1. The van der Waals surface area contributed by atoms with Crippen molar-refractivity contribution in [2.24, 2.45) is 0 Å². The molecule has 0 bridgehead atoms. The highest BCUT2D eigenvalue weighted by atomic mass is 35.5. The smallest absolute Gasteiger partial charge is 0.417 e. The molecular formula is C18H16ClF3N2O4. The Kier molecular flexibility index (Phi) is 6.18. The number of anilines is 1. The first-order chi connectivity index (χ1) is 12.9. The van der Waals surface area contributed by atoms with Gasteiger partial charge >= 0.3 is 12.1 Å². The molecule has 1 amide bonds. The van der Waals surface area contributed by atoms with Gasteiger partial charge in [0.15, 0.2) is 12.4 Å². The van der Waals surface area contributed by atoms with Crippen LogP contribution >= 0.6 is 11.6 Å². The zero-order chi connectivity index (χ0) is 21.2. The standard InChI is InChI=1S/C18H16ClF3N2O4/c1-8-15(10(3)25)9(2)23-16(8)17(27)28-7-14(26)24-11-4-5-13(19)12(6-11)18(20,21)22/h4-6,23H,7H2,1-3H3,(H,24,26). The van der Waals surface area contributed by atoms with Gasteiger partial charge in [-0.3, -0.25) is 9.59 Å². The highest BCUT2D eigenvalue weighted by molar-refractivity contribution is 6.31. The van der Waals surface area contributed by atoms with E-state index in [-0.39, 0.29) is 17.2 Å². The van der Waals surface area contributed by atoms with E-state index in [0.717, 1.165) is 6.07 Å². The van der Waals surface area contributed by atoms with Crippen LogP contribution in [0.3, 0.4) is 0 Å². The Labute approximate surface area is 163 Å². The summed E-state index contributed by atoms with van der Waals surface area (Å²) >= 11 is 5.51. The molecule has 2 aromatic rings. The fourth-order valence-electron chi connectivity index (χ4n) is 2.70. The lowest BCUT2D eigenvalue weighted by Crippen LogP contribution is -2.21. The number of ketones is 1. The Morgan fingerprint density at radius 2 is 1.86 bits per heavy atom. The van der Waals surface area contributed by atoms with Gasteiger partial charge in [0, 0.05) is 16.9 Å². The van der Waals surface area contributed by atoms with Crippen molar-refractivity contribution in [3.63, 3.8) is 0 Å². The molecule has 0 spiro atoms. The first-order valence-corrected chi connectivity index (χ1v) is 8.33. The summed E-state index contributed by atoms with van der Waals surface area (Å²) in [5.74, 6) is -1.93. The molecule has 150 valence electrons.